The minimum atomic E-state index is -0.879. The van der Waals surface area contributed by atoms with E-state index in [0.29, 0.717) is 0 Å². The lowest BCUT2D eigenvalue weighted by molar-refractivity contribution is -0.136. The Kier molecular flexibility index (Phi) is 7.59. The molecule has 4 aromatic rings. The van der Waals surface area contributed by atoms with E-state index < -0.39 is 11.6 Å². The van der Waals surface area contributed by atoms with Crippen LogP contribution in [0.4, 0.5) is 5.69 Å². The summed E-state index contributed by atoms with van der Waals surface area (Å²) in [5, 5.41) is 10.6. The van der Waals surface area contributed by atoms with E-state index in [9.17, 15) is 9.90 Å². The third-order valence-electron chi connectivity index (χ3n) is 8.17. The van der Waals surface area contributed by atoms with Gasteiger partial charge in [0.15, 0.2) is 0 Å². The summed E-state index contributed by atoms with van der Waals surface area (Å²) in [7, 11) is 2.13. The second-order valence-electron chi connectivity index (χ2n) is 12.5. The monoisotopic (exact) mass is 613 g/mol. The molecule has 8 heteroatoms. The van der Waals surface area contributed by atoms with Crippen molar-refractivity contribution in [3.63, 3.8) is 0 Å². The van der Waals surface area contributed by atoms with Gasteiger partial charge in [0.1, 0.15) is 16.4 Å². The zero-order valence-electron chi connectivity index (χ0n) is 25.4. The summed E-state index contributed by atoms with van der Waals surface area (Å²) < 4.78 is 7.48. The van der Waals surface area contributed by atoms with Gasteiger partial charge < -0.3 is 14.7 Å². The van der Waals surface area contributed by atoms with Gasteiger partial charge in [-0.05, 0) is 75.1 Å². The van der Waals surface area contributed by atoms with Gasteiger partial charge in [0.2, 0.25) is 0 Å². The van der Waals surface area contributed by atoms with Crippen LogP contribution in [0.15, 0.2) is 60.5 Å². The van der Waals surface area contributed by atoms with Crippen LogP contribution in [0.3, 0.4) is 0 Å². The largest absolute Gasteiger partial charge is 0.492 e. The number of carboxylic acids is 1. The first-order valence-corrected chi connectivity index (χ1v) is 15.9. The number of benzene rings is 2. The van der Waals surface area contributed by atoms with E-state index in [-0.39, 0.29) is 17.7 Å². The molecule has 0 saturated heterocycles. The number of halogens is 1. The minimum absolute atomic E-state index is 0.0871. The number of hydrogen-bond acceptors (Lipinski definition) is 6. The lowest BCUT2D eigenvalue weighted by Gasteiger charge is -2.32. The highest BCUT2D eigenvalue weighted by molar-refractivity contribution is 7.22. The van der Waals surface area contributed by atoms with Crippen LogP contribution in [0.25, 0.3) is 37.6 Å². The standard InChI is InChI=1S/C35H36ClN3O3S/c1-19-16-28-33(31(25(19)18-30(40)41)24-10-11-26(36)20(2)32(24)42-35(3,4)5)43-34(38-28)21-12-14-37-27(17-21)22-8-7-9-29-23(22)13-15-39(29)6/h7-12,14,16-17,20,26H,13,15,18H2,1-6H3,(H,40,41). The van der Waals surface area contributed by atoms with Gasteiger partial charge in [-0.2, -0.15) is 0 Å². The Bertz CT molecular complexity index is 1820. The number of likely N-dealkylation sites (N-methyl/N-ethyl adjacent to an activating group) is 1. The number of nitrogens with zero attached hydrogens (tertiary/aromatic N) is 3. The molecule has 3 heterocycles. The molecule has 0 radical (unpaired) electrons. The van der Waals surface area contributed by atoms with Crippen LogP contribution >= 0.6 is 22.9 Å². The molecule has 2 atom stereocenters. The molecule has 0 amide bonds. The third-order valence-corrected chi connectivity index (χ3v) is 9.83. The smallest absolute Gasteiger partial charge is 0.307 e. The first-order valence-electron chi connectivity index (χ1n) is 14.6. The molecule has 0 spiro atoms. The number of ether oxygens (including phenoxy) is 1. The van der Waals surface area contributed by atoms with Crippen LogP contribution in [-0.4, -0.2) is 45.6 Å². The molecule has 222 valence electrons. The summed E-state index contributed by atoms with van der Waals surface area (Å²) in [6, 6.07) is 12.5. The lowest BCUT2D eigenvalue weighted by Crippen LogP contribution is -2.27. The van der Waals surface area contributed by atoms with Crippen LogP contribution < -0.4 is 4.90 Å². The Morgan fingerprint density at radius 1 is 1.23 bits per heavy atom. The number of allylic oxidation sites excluding steroid dienone is 4. The molecule has 0 bridgehead atoms. The molecular formula is C35H36ClN3O3S. The molecule has 0 saturated carbocycles. The van der Waals surface area contributed by atoms with Crippen molar-refractivity contribution in [2.45, 2.75) is 58.4 Å². The maximum Gasteiger partial charge on any atom is 0.307 e. The zero-order chi connectivity index (χ0) is 30.6. The van der Waals surface area contributed by atoms with Crippen LogP contribution in [0, 0.1) is 12.8 Å². The third kappa shape index (κ3) is 5.56. The number of aliphatic carboxylic acids is 1. The summed E-state index contributed by atoms with van der Waals surface area (Å²) in [6.45, 7) is 11.1. The van der Waals surface area contributed by atoms with Gasteiger partial charge in [0.25, 0.3) is 0 Å². The Balaban J connectivity index is 1.55. The molecule has 2 aromatic heterocycles. The summed E-state index contributed by atoms with van der Waals surface area (Å²) in [5.41, 5.74) is 9.40. The van der Waals surface area contributed by atoms with Crippen molar-refractivity contribution in [1.82, 2.24) is 9.97 Å². The molecule has 1 N–H and O–H groups in total. The average molecular weight is 614 g/mol. The van der Waals surface area contributed by atoms with Crippen LogP contribution in [0.2, 0.25) is 0 Å². The fourth-order valence-corrected chi connectivity index (χ4v) is 7.39. The molecule has 2 aliphatic rings. The van der Waals surface area contributed by atoms with Crippen molar-refractivity contribution in [3.05, 3.63) is 82.8 Å². The Hall–Kier alpha value is -3.68. The van der Waals surface area contributed by atoms with Gasteiger partial charge >= 0.3 is 5.97 Å². The van der Waals surface area contributed by atoms with Gasteiger partial charge in [-0.1, -0.05) is 31.2 Å². The van der Waals surface area contributed by atoms with Gasteiger partial charge in [0, 0.05) is 53.7 Å². The number of aryl methyl sites for hydroxylation is 1. The van der Waals surface area contributed by atoms with E-state index in [0.717, 1.165) is 73.0 Å². The second-order valence-corrected chi connectivity index (χ2v) is 14.0. The van der Waals surface area contributed by atoms with Crippen molar-refractivity contribution in [2.24, 2.45) is 5.92 Å². The topological polar surface area (TPSA) is 75.5 Å². The molecule has 6 nitrogen and oxygen atoms in total. The Morgan fingerprint density at radius 2 is 2.02 bits per heavy atom. The highest BCUT2D eigenvalue weighted by Gasteiger charge is 2.32. The van der Waals surface area contributed by atoms with Crippen molar-refractivity contribution < 1.29 is 14.6 Å². The summed E-state index contributed by atoms with van der Waals surface area (Å²) >= 11 is 8.27. The van der Waals surface area contributed by atoms with Gasteiger partial charge in [-0.15, -0.1) is 22.9 Å². The molecule has 2 aromatic carbocycles. The first-order chi connectivity index (χ1) is 20.4. The van der Waals surface area contributed by atoms with Gasteiger partial charge in [0.05, 0.1) is 27.7 Å². The summed E-state index contributed by atoms with van der Waals surface area (Å²) in [6.07, 6.45) is 6.71. The van der Waals surface area contributed by atoms with E-state index in [1.165, 1.54) is 11.3 Å². The molecule has 1 aliphatic heterocycles. The van der Waals surface area contributed by atoms with Crippen LogP contribution in [0.5, 0.6) is 0 Å². The average Bonchev–Trinajstić information content (AvgIpc) is 3.55. The minimum Gasteiger partial charge on any atom is -0.492 e. The Labute approximate surface area is 261 Å². The normalized spacial score (nSPS) is 18.4. The van der Waals surface area contributed by atoms with Crippen molar-refractivity contribution >= 4 is 50.4 Å². The van der Waals surface area contributed by atoms with E-state index in [1.54, 1.807) is 11.3 Å². The number of aromatic nitrogens is 2. The summed E-state index contributed by atoms with van der Waals surface area (Å²) in [5.74, 6) is -0.191. The highest BCUT2D eigenvalue weighted by Crippen LogP contribution is 2.45. The quantitative estimate of drug-likeness (QED) is 0.221. The van der Waals surface area contributed by atoms with Gasteiger partial charge in [-0.25, -0.2) is 4.98 Å². The number of fused-ring (bicyclic) bond motifs is 2. The predicted octanol–water partition coefficient (Wildman–Crippen LogP) is 8.29. The number of rotatable bonds is 6. The van der Waals surface area contributed by atoms with Crippen molar-refractivity contribution in [3.8, 4) is 21.8 Å². The number of pyridine rings is 1. The SMILES string of the molecule is Cc1cc2nc(-c3ccnc(-c4cccc5c4CCN5C)c3)sc2c(C2=C(OC(C)(C)C)C(C)C(Cl)C=C2)c1CC(=O)O. The maximum absolute atomic E-state index is 12.1. The van der Waals surface area contributed by atoms with Gasteiger partial charge in [-0.3, -0.25) is 9.78 Å². The molecule has 1 aliphatic carbocycles. The number of hydrogen-bond donors (Lipinski definition) is 1. The number of thiazole rings is 1. The molecule has 43 heavy (non-hydrogen) atoms. The van der Waals surface area contributed by atoms with E-state index in [1.807, 2.05) is 58.2 Å². The maximum atomic E-state index is 12.1. The Morgan fingerprint density at radius 3 is 2.77 bits per heavy atom. The fraction of sp³-hybridized carbons (Fsp3) is 0.343. The predicted molar refractivity (Wildman–Crippen MR) is 177 cm³/mol. The van der Waals surface area contributed by atoms with E-state index >= 15 is 0 Å². The fourth-order valence-electron chi connectivity index (χ4n) is 6.08. The lowest BCUT2D eigenvalue weighted by atomic mass is 9.86. The zero-order valence-corrected chi connectivity index (χ0v) is 26.9. The van der Waals surface area contributed by atoms with Crippen LogP contribution in [-0.2, 0) is 22.4 Å². The van der Waals surface area contributed by atoms with Crippen molar-refractivity contribution in [2.75, 3.05) is 18.5 Å². The van der Waals surface area contributed by atoms with Crippen molar-refractivity contribution in [1.29, 1.82) is 0 Å². The second kappa shape index (κ2) is 11.1. The number of carbonyl (C=O) groups is 1. The first kappa shape index (κ1) is 29.4. The van der Waals surface area contributed by atoms with Crippen LogP contribution in [0.1, 0.15) is 49.9 Å². The molecule has 6 rings (SSSR count). The molecule has 2 unspecified atom stereocenters. The van der Waals surface area contributed by atoms with E-state index in [4.69, 9.17) is 26.3 Å². The summed E-state index contributed by atoms with van der Waals surface area (Å²) in [4.78, 5) is 24.2. The molecular weight excluding hydrogens is 578 g/mol. The number of anilines is 1. The highest BCUT2D eigenvalue weighted by atomic mass is 35.5. The number of carboxylic acid groups (broad SMARTS) is 1. The van der Waals surface area contributed by atoms with E-state index in [2.05, 4.69) is 43.1 Å². The number of alkyl halides is 1. The molecule has 0 fully saturated rings.